The molecule has 1 aromatic carbocycles. The van der Waals surface area contributed by atoms with Gasteiger partial charge in [-0.2, -0.15) is 0 Å². The lowest BCUT2D eigenvalue weighted by Crippen LogP contribution is -2.34. The fraction of sp³-hybridized carbons (Fsp3) is 0.667. The van der Waals surface area contributed by atoms with Crippen LogP contribution in [0.2, 0.25) is 0 Å². The first kappa shape index (κ1) is 16.5. The minimum Gasteiger partial charge on any atom is -0.377 e. The molecule has 0 saturated carbocycles. The monoisotopic (exact) mass is 290 g/mol. The zero-order chi connectivity index (χ0) is 15.2. The van der Waals surface area contributed by atoms with Gasteiger partial charge in [0.2, 0.25) is 0 Å². The highest BCUT2D eigenvalue weighted by Crippen LogP contribution is 2.17. The summed E-state index contributed by atoms with van der Waals surface area (Å²) in [6.07, 6.45) is 3.91. The lowest BCUT2D eigenvalue weighted by molar-refractivity contribution is 0.0796. The van der Waals surface area contributed by atoms with Crippen LogP contribution in [-0.4, -0.2) is 37.7 Å². The first-order chi connectivity index (χ1) is 10.0. The maximum atomic E-state index is 6.34. The van der Waals surface area contributed by atoms with Crippen molar-refractivity contribution in [2.75, 3.05) is 26.7 Å². The molecule has 0 bridgehead atoms. The zero-order valence-electron chi connectivity index (χ0n) is 13.7. The molecule has 0 amide bonds. The molecule has 2 rings (SSSR count). The van der Waals surface area contributed by atoms with Gasteiger partial charge in [0.15, 0.2) is 0 Å². The summed E-state index contributed by atoms with van der Waals surface area (Å²) in [6, 6.07) is 8.87. The smallest absolute Gasteiger partial charge is 0.0702 e. The van der Waals surface area contributed by atoms with E-state index in [9.17, 15) is 0 Å². The molecule has 1 aliphatic rings. The molecule has 0 aliphatic carbocycles. The van der Waals surface area contributed by atoms with Gasteiger partial charge in [-0.05, 0) is 43.4 Å². The van der Waals surface area contributed by atoms with Gasteiger partial charge in [-0.3, -0.25) is 0 Å². The van der Waals surface area contributed by atoms with Crippen LogP contribution in [0.3, 0.4) is 0 Å². The topological polar surface area (TPSA) is 38.5 Å². The molecule has 2 unspecified atom stereocenters. The molecule has 3 heteroatoms. The number of rotatable bonds is 7. The minimum absolute atomic E-state index is 0.0736. The molecule has 1 saturated heterocycles. The molecule has 3 nitrogen and oxygen atoms in total. The van der Waals surface area contributed by atoms with Gasteiger partial charge in [0, 0.05) is 25.7 Å². The Morgan fingerprint density at radius 3 is 2.57 bits per heavy atom. The Labute approximate surface area is 129 Å². The number of nitrogens with zero attached hydrogens (tertiary/aromatic N) is 1. The van der Waals surface area contributed by atoms with E-state index in [1.54, 1.807) is 0 Å². The third-order valence-electron chi connectivity index (χ3n) is 4.10. The fourth-order valence-corrected chi connectivity index (χ4v) is 3.02. The highest BCUT2D eigenvalue weighted by molar-refractivity contribution is 5.25. The second kappa shape index (κ2) is 7.92. The number of likely N-dealkylation sites (N-methyl/N-ethyl adjacent to an activating group) is 1. The molecular formula is C18H30N2O. The maximum Gasteiger partial charge on any atom is 0.0702 e. The fourth-order valence-electron chi connectivity index (χ4n) is 3.02. The quantitative estimate of drug-likeness (QED) is 0.839. The predicted octanol–water partition coefficient (Wildman–Crippen LogP) is 3.00. The van der Waals surface area contributed by atoms with Gasteiger partial charge < -0.3 is 15.4 Å². The molecule has 0 radical (unpaired) electrons. The molecule has 0 spiro atoms. The third-order valence-corrected chi connectivity index (χ3v) is 4.10. The summed E-state index contributed by atoms with van der Waals surface area (Å²) in [5, 5.41) is 0. The molecule has 1 fully saturated rings. The van der Waals surface area contributed by atoms with Gasteiger partial charge in [0.1, 0.15) is 0 Å². The highest BCUT2D eigenvalue weighted by atomic mass is 16.5. The van der Waals surface area contributed by atoms with Gasteiger partial charge in [-0.15, -0.1) is 0 Å². The number of nitrogens with two attached hydrogens (primary N) is 1. The molecule has 118 valence electrons. The Morgan fingerprint density at radius 1 is 1.29 bits per heavy atom. The molecule has 21 heavy (non-hydrogen) atoms. The normalized spacial score (nSPS) is 20.4. The van der Waals surface area contributed by atoms with E-state index < -0.39 is 0 Å². The van der Waals surface area contributed by atoms with Crippen molar-refractivity contribution in [3.05, 3.63) is 35.4 Å². The van der Waals surface area contributed by atoms with E-state index >= 15 is 0 Å². The second-order valence-electron chi connectivity index (χ2n) is 6.80. The van der Waals surface area contributed by atoms with Crippen LogP contribution in [-0.2, 0) is 11.2 Å². The van der Waals surface area contributed by atoms with E-state index in [-0.39, 0.29) is 6.04 Å². The molecule has 0 aromatic heterocycles. The Hall–Kier alpha value is -0.900. The van der Waals surface area contributed by atoms with Crippen LogP contribution in [0.4, 0.5) is 0 Å². The predicted molar refractivity (Wildman–Crippen MR) is 88.4 cm³/mol. The zero-order valence-corrected chi connectivity index (χ0v) is 13.7. The lowest BCUT2D eigenvalue weighted by Gasteiger charge is -2.24. The van der Waals surface area contributed by atoms with E-state index in [4.69, 9.17) is 10.5 Å². The van der Waals surface area contributed by atoms with Crippen molar-refractivity contribution in [2.45, 2.75) is 45.3 Å². The summed E-state index contributed by atoms with van der Waals surface area (Å²) in [5.74, 6) is 0.696. The van der Waals surface area contributed by atoms with Crippen molar-refractivity contribution in [3.63, 3.8) is 0 Å². The Morgan fingerprint density at radius 2 is 2.00 bits per heavy atom. The summed E-state index contributed by atoms with van der Waals surface area (Å²) in [6.45, 7) is 7.28. The standard InChI is InChI=1S/C18H30N2O/c1-14(2)11-15-6-8-16(9-7-15)18(19)13-20(3)12-17-5-4-10-21-17/h6-9,14,17-18H,4-5,10-13,19H2,1-3H3. The summed E-state index contributed by atoms with van der Waals surface area (Å²) in [7, 11) is 2.13. The summed E-state index contributed by atoms with van der Waals surface area (Å²) < 4.78 is 5.68. The van der Waals surface area contributed by atoms with Crippen LogP contribution in [0.5, 0.6) is 0 Å². The molecular weight excluding hydrogens is 260 g/mol. The number of benzene rings is 1. The Kier molecular flexibility index (Phi) is 6.22. The summed E-state index contributed by atoms with van der Waals surface area (Å²) >= 11 is 0. The first-order valence-electron chi connectivity index (χ1n) is 8.19. The van der Waals surface area contributed by atoms with Crippen molar-refractivity contribution >= 4 is 0 Å². The molecule has 1 aromatic rings. The van der Waals surface area contributed by atoms with E-state index in [0.29, 0.717) is 12.0 Å². The highest BCUT2D eigenvalue weighted by Gasteiger charge is 2.18. The van der Waals surface area contributed by atoms with Gasteiger partial charge in [0.05, 0.1) is 6.10 Å². The van der Waals surface area contributed by atoms with Crippen LogP contribution in [0.25, 0.3) is 0 Å². The number of hydrogen-bond acceptors (Lipinski definition) is 3. The third kappa shape index (κ3) is 5.42. The van der Waals surface area contributed by atoms with Gasteiger partial charge in [-0.1, -0.05) is 38.1 Å². The molecule has 1 aliphatic heterocycles. The Bertz CT molecular complexity index is 410. The molecule has 2 atom stereocenters. The number of hydrogen-bond donors (Lipinski definition) is 1. The summed E-state index contributed by atoms with van der Waals surface area (Å²) in [4.78, 5) is 2.29. The van der Waals surface area contributed by atoms with Crippen molar-refractivity contribution < 1.29 is 4.74 Å². The van der Waals surface area contributed by atoms with Gasteiger partial charge in [0.25, 0.3) is 0 Å². The summed E-state index contributed by atoms with van der Waals surface area (Å²) in [5.41, 5.74) is 8.96. The van der Waals surface area contributed by atoms with Crippen LogP contribution in [0, 0.1) is 5.92 Å². The first-order valence-corrected chi connectivity index (χ1v) is 8.19. The van der Waals surface area contributed by atoms with Gasteiger partial charge >= 0.3 is 0 Å². The van der Waals surface area contributed by atoms with Crippen LogP contribution >= 0.6 is 0 Å². The minimum atomic E-state index is 0.0736. The second-order valence-corrected chi connectivity index (χ2v) is 6.80. The number of ether oxygens (including phenoxy) is 1. The van der Waals surface area contributed by atoms with Crippen LogP contribution in [0.1, 0.15) is 43.9 Å². The van der Waals surface area contributed by atoms with Crippen molar-refractivity contribution in [1.29, 1.82) is 0 Å². The molecule has 2 N–H and O–H groups in total. The van der Waals surface area contributed by atoms with E-state index in [2.05, 4.69) is 50.1 Å². The van der Waals surface area contributed by atoms with E-state index in [1.807, 2.05) is 0 Å². The van der Waals surface area contributed by atoms with Crippen LogP contribution in [0.15, 0.2) is 24.3 Å². The largest absolute Gasteiger partial charge is 0.377 e. The average molecular weight is 290 g/mol. The van der Waals surface area contributed by atoms with Crippen molar-refractivity contribution in [2.24, 2.45) is 11.7 Å². The van der Waals surface area contributed by atoms with Crippen LogP contribution < -0.4 is 5.73 Å². The average Bonchev–Trinajstić information content (AvgIpc) is 2.91. The van der Waals surface area contributed by atoms with E-state index in [0.717, 1.165) is 26.1 Å². The molecule has 1 heterocycles. The van der Waals surface area contributed by atoms with Gasteiger partial charge in [-0.25, -0.2) is 0 Å². The lowest BCUT2D eigenvalue weighted by atomic mass is 9.99. The Balaban J connectivity index is 1.82. The van der Waals surface area contributed by atoms with Crippen molar-refractivity contribution in [3.8, 4) is 0 Å². The van der Waals surface area contributed by atoms with Crippen molar-refractivity contribution in [1.82, 2.24) is 4.90 Å². The SMILES string of the molecule is CC(C)Cc1ccc(C(N)CN(C)CC2CCCO2)cc1. The maximum absolute atomic E-state index is 6.34. The van der Waals surface area contributed by atoms with E-state index in [1.165, 1.54) is 24.0 Å².